The number of carbonyl (C=O) groups excluding carboxylic acids is 1. The summed E-state index contributed by atoms with van der Waals surface area (Å²) in [6, 6.07) is 19.3. The maximum absolute atomic E-state index is 12.6. The van der Waals surface area contributed by atoms with Gasteiger partial charge in [-0.1, -0.05) is 71.2 Å². The second-order valence-corrected chi connectivity index (χ2v) is 9.22. The van der Waals surface area contributed by atoms with Gasteiger partial charge in [0.2, 0.25) is 5.89 Å². The summed E-state index contributed by atoms with van der Waals surface area (Å²) in [4.78, 5) is 17.2. The average molecular weight is 526 g/mol. The highest BCUT2D eigenvalue weighted by molar-refractivity contribution is 6.42. The van der Waals surface area contributed by atoms with Crippen molar-refractivity contribution < 1.29 is 13.9 Å². The Labute approximate surface area is 216 Å². The van der Waals surface area contributed by atoms with E-state index in [9.17, 15) is 4.79 Å². The van der Waals surface area contributed by atoms with Gasteiger partial charge in [-0.2, -0.15) is 0 Å². The van der Waals surface area contributed by atoms with Crippen LogP contribution in [0.15, 0.2) is 65.1 Å². The van der Waals surface area contributed by atoms with Gasteiger partial charge in [-0.3, -0.25) is 4.79 Å². The van der Waals surface area contributed by atoms with Crippen molar-refractivity contribution in [1.29, 1.82) is 0 Å². The molecule has 5 nitrogen and oxygen atoms in total. The zero-order valence-corrected chi connectivity index (χ0v) is 21.1. The molecule has 1 aromatic heterocycles. The first-order valence-electron chi connectivity index (χ1n) is 10.8. The van der Waals surface area contributed by atoms with Crippen molar-refractivity contribution in [2.75, 3.05) is 11.9 Å². The first-order chi connectivity index (χ1) is 16.8. The number of anilines is 1. The van der Waals surface area contributed by atoms with E-state index in [0.29, 0.717) is 38.8 Å². The zero-order valence-electron chi connectivity index (χ0n) is 18.8. The van der Waals surface area contributed by atoms with Crippen molar-refractivity contribution in [2.24, 2.45) is 0 Å². The first-order valence-corrected chi connectivity index (χ1v) is 11.9. The van der Waals surface area contributed by atoms with Crippen LogP contribution in [0.3, 0.4) is 0 Å². The Morgan fingerprint density at radius 3 is 2.43 bits per heavy atom. The van der Waals surface area contributed by atoms with E-state index >= 15 is 0 Å². The number of ether oxygens (including phenoxy) is 1. The average Bonchev–Trinajstić information content (AvgIpc) is 3.29. The third kappa shape index (κ3) is 4.43. The third-order valence-corrected chi connectivity index (χ3v) is 7.23. The fourth-order valence-electron chi connectivity index (χ4n) is 3.90. The quantitative estimate of drug-likeness (QED) is 0.251. The normalized spacial score (nSPS) is 11.2. The van der Waals surface area contributed by atoms with Crippen molar-refractivity contribution >= 4 is 68.3 Å². The number of hydrogen-bond donors (Lipinski definition) is 1. The standard InChI is InChI=1S/C27H19Cl3N2O3/c1-14-23(28)15(2)25(30)26(24(14)29)34-13-22(33)31-17-10-11-21-20(12-17)32-27(35-21)19-9-5-7-16-6-3-4-8-18(16)19/h3-12H,13H2,1-2H3,(H,31,33). The predicted octanol–water partition coefficient (Wildman–Crippen LogP) is 8.24. The third-order valence-electron chi connectivity index (χ3n) is 5.75. The molecule has 8 heteroatoms. The molecular formula is C27H19Cl3N2O3. The maximum atomic E-state index is 12.6. The minimum absolute atomic E-state index is 0.231. The van der Waals surface area contributed by atoms with Gasteiger partial charge >= 0.3 is 0 Å². The summed E-state index contributed by atoms with van der Waals surface area (Å²) in [5.41, 5.74) is 3.99. The van der Waals surface area contributed by atoms with Crippen molar-refractivity contribution in [3.05, 3.63) is 86.9 Å². The van der Waals surface area contributed by atoms with Crippen LogP contribution in [0.25, 0.3) is 33.3 Å². The molecule has 0 aliphatic carbocycles. The first kappa shape index (κ1) is 23.5. The molecule has 0 saturated heterocycles. The molecular weight excluding hydrogens is 507 g/mol. The molecule has 1 N–H and O–H groups in total. The summed E-state index contributed by atoms with van der Waals surface area (Å²) >= 11 is 18.9. The molecule has 0 saturated carbocycles. The van der Waals surface area contributed by atoms with Crippen LogP contribution >= 0.6 is 34.8 Å². The Bertz CT molecular complexity index is 1580. The molecule has 176 valence electrons. The van der Waals surface area contributed by atoms with Gasteiger partial charge in [0.15, 0.2) is 17.9 Å². The van der Waals surface area contributed by atoms with E-state index < -0.39 is 0 Å². The van der Waals surface area contributed by atoms with Crippen LogP contribution in [0.4, 0.5) is 5.69 Å². The highest BCUT2D eigenvalue weighted by Gasteiger charge is 2.19. The lowest BCUT2D eigenvalue weighted by Crippen LogP contribution is -2.20. The Morgan fingerprint density at radius 2 is 1.66 bits per heavy atom. The van der Waals surface area contributed by atoms with Crippen LogP contribution in [-0.4, -0.2) is 17.5 Å². The summed E-state index contributed by atoms with van der Waals surface area (Å²) in [7, 11) is 0. The second kappa shape index (κ2) is 9.42. The van der Waals surface area contributed by atoms with Gasteiger partial charge in [0, 0.05) is 16.3 Å². The lowest BCUT2D eigenvalue weighted by atomic mass is 10.0. The number of halogens is 3. The SMILES string of the molecule is Cc1c(Cl)c(C)c(Cl)c(OCC(=O)Nc2ccc3oc(-c4cccc5ccccc45)nc3c2)c1Cl. The number of fused-ring (bicyclic) bond motifs is 2. The molecule has 0 fully saturated rings. The topological polar surface area (TPSA) is 64.4 Å². The molecule has 1 amide bonds. The van der Waals surface area contributed by atoms with Gasteiger partial charge in [0.1, 0.15) is 5.52 Å². The number of benzene rings is 4. The number of carbonyl (C=O) groups is 1. The number of nitrogens with zero attached hydrogens (tertiary/aromatic N) is 1. The summed E-state index contributed by atoms with van der Waals surface area (Å²) in [6.07, 6.45) is 0. The largest absolute Gasteiger partial charge is 0.481 e. The van der Waals surface area contributed by atoms with E-state index in [1.807, 2.05) is 42.5 Å². The number of rotatable bonds is 5. The molecule has 5 aromatic rings. The summed E-state index contributed by atoms with van der Waals surface area (Å²) < 4.78 is 11.6. The Morgan fingerprint density at radius 1 is 0.943 bits per heavy atom. The van der Waals surface area contributed by atoms with Crippen LogP contribution in [0.1, 0.15) is 11.1 Å². The van der Waals surface area contributed by atoms with Gasteiger partial charge in [-0.05, 0) is 60.0 Å². The molecule has 0 atom stereocenters. The van der Waals surface area contributed by atoms with Crippen molar-refractivity contribution in [2.45, 2.75) is 13.8 Å². The van der Waals surface area contributed by atoms with E-state index in [-0.39, 0.29) is 28.3 Å². The predicted molar refractivity (Wildman–Crippen MR) is 142 cm³/mol. The molecule has 0 radical (unpaired) electrons. The molecule has 1 heterocycles. The van der Waals surface area contributed by atoms with Crippen LogP contribution in [0, 0.1) is 13.8 Å². The number of amides is 1. The summed E-state index contributed by atoms with van der Waals surface area (Å²) in [5.74, 6) is 0.371. The number of hydrogen-bond acceptors (Lipinski definition) is 4. The van der Waals surface area contributed by atoms with Gasteiger partial charge in [-0.15, -0.1) is 0 Å². The van der Waals surface area contributed by atoms with Gasteiger partial charge in [-0.25, -0.2) is 4.98 Å². The maximum Gasteiger partial charge on any atom is 0.262 e. The molecule has 5 rings (SSSR count). The fourth-order valence-corrected chi connectivity index (χ4v) is 4.73. The van der Waals surface area contributed by atoms with Crippen molar-refractivity contribution in [1.82, 2.24) is 4.98 Å². The second-order valence-electron chi connectivity index (χ2n) is 8.09. The smallest absolute Gasteiger partial charge is 0.262 e. The van der Waals surface area contributed by atoms with Crippen LogP contribution in [0.2, 0.25) is 15.1 Å². The van der Waals surface area contributed by atoms with E-state index in [0.717, 1.165) is 16.3 Å². The number of oxazole rings is 1. The number of nitrogens with one attached hydrogen (secondary N) is 1. The van der Waals surface area contributed by atoms with Crippen LogP contribution in [-0.2, 0) is 4.79 Å². The minimum Gasteiger partial charge on any atom is -0.481 e. The Balaban J connectivity index is 1.35. The zero-order chi connectivity index (χ0) is 24.7. The highest BCUT2D eigenvalue weighted by Crippen LogP contribution is 2.42. The molecule has 35 heavy (non-hydrogen) atoms. The van der Waals surface area contributed by atoms with Crippen LogP contribution < -0.4 is 10.1 Å². The van der Waals surface area contributed by atoms with Gasteiger partial charge in [0.05, 0.1) is 10.0 Å². The molecule has 0 bridgehead atoms. The van der Waals surface area contributed by atoms with Crippen molar-refractivity contribution in [3.63, 3.8) is 0 Å². The molecule has 4 aromatic carbocycles. The van der Waals surface area contributed by atoms with E-state index in [1.165, 1.54) is 0 Å². The van der Waals surface area contributed by atoms with Crippen molar-refractivity contribution in [3.8, 4) is 17.2 Å². The lowest BCUT2D eigenvalue weighted by molar-refractivity contribution is -0.118. The minimum atomic E-state index is -0.375. The monoisotopic (exact) mass is 524 g/mol. The van der Waals surface area contributed by atoms with Gasteiger partial charge in [0.25, 0.3) is 5.91 Å². The molecule has 0 spiro atoms. The van der Waals surface area contributed by atoms with Crippen LogP contribution in [0.5, 0.6) is 5.75 Å². The number of aromatic nitrogens is 1. The van der Waals surface area contributed by atoms with E-state index in [1.54, 1.807) is 32.0 Å². The molecule has 0 aliphatic heterocycles. The lowest BCUT2D eigenvalue weighted by Gasteiger charge is -2.15. The van der Waals surface area contributed by atoms with Gasteiger partial charge < -0.3 is 14.5 Å². The van der Waals surface area contributed by atoms with E-state index in [4.69, 9.17) is 44.0 Å². The Kier molecular flexibility index (Phi) is 6.32. The Hall–Kier alpha value is -3.25. The summed E-state index contributed by atoms with van der Waals surface area (Å²) in [5, 5.41) is 6.00. The highest BCUT2D eigenvalue weighted by atomic mass is 35.5. The molecule has 0 aliphatic rings. The summed E-state index contributed by atoms with van der Waals surface area (Å²) in [6.45, 7) is 3.25. The fraction of sp³-hybridized carbons (Fsp3) is 0.111. The molecule has 0 unspecified atom stereocenters. The van der Waals surface area contributed by atoms with E-state index in [2.05, 4.69) is 10.3 Å².